The lowest BCUT2D eigenvalue weighted by atomic mass is 10.0. The first-order valence-electron chi connectivity index (χ1n) is 7.23. The van der Waals surface area contributed by atoms with Gasteiger partial charge >= 0.3 is 5.97 Å². The van der Waals surface area contributed by atoms with Gasteiger partial charge in [0, 0.05) is 19.4 Å². The van der Waals surface area contributed by atoms with Crippen LogP contribution in [-0.4, -0.2) is 29.6 Å². The molecule has 5 nitrogen and oxygen atoms in total. The summed E-state index contributed by atoms with van der Waals surface area (Å²) in [4.78, 5) is 22.4. The van der Waals surface area contributed by atoms with Crippen LogP contribution < -0.4 is 10.1 Å². The average Bonchev–Trinajstić information content (AvgIpc) is 2.81. The number of aliphatic carboxylic acids is 1. The topological polar surface area (TPSA) is 75.6 Å². The molecule has 1 atom stereocenters. The van der Waals surface area contributed by atoms with Crippen LogP contribution in [0.4, 0.5) is 0 Å². The molecule has 1 amide bonds. The maximum atomic E-state index is 12.0. The van der Waals surface area contributed by atoms with Crippen LogP contribution in [0.15, 0.2) is 12.1 Å². The van der Waals surface area contributed by atoms with Crippen LogP contribution in [0.25, 0.3) is 0 Å². The number of carbonyl (C=O) groups excluding carboxylic acids is 1. The number of carboxylic acids is 1. The zero-order valence-electron chi connectivity index (χ0n) is 12.4. The smallest absolute Gasteiger partial charge is 0.303 e. The first-order chi connectivity index (χ1) is 9.97. The Morgan fingerprint density at radius 3 is 2.71 bits per heavy atom. The minimum atomic E-state index is -0.804. The summed E-state index contributed by atoms with van der Waals surface area (Å²) < 4.78 is 5.69. The van der Waals surface area contributed by atoms with Crippen molar-refractivity contribution in [2.24, 2.45) is 0 Å². The third kappa shape index (κ3) is 3.97. The molecule has 1 aliphatic rings. The minimum absolute atomic E-state index is 0.128. The molecule has 0 aromatic heterocycles. The fraction of sp³-hybridized carbons (Fsp3) is 0.500. The third-order valence-corrected chi connectivity index (χ3v) is 3.76. The number of hydrogen-bond acceptors (Lipinski definition) is 3. The SMILES string of the molecule is Cc1cc2c(cc1C)OC(C(=O)NCCCCC(=O)O)C2. The Kier molecular flexibility index (Phi) is 4.83. The molecule has 2 N–H and O–H groups in total. The molecule has 0 radical (unpaired) electrons. The largest absolute Gasteiger partial charge is 0.481 e. The van der Waals surface area contributed by atoms with Gasteiger partial charge in [-0.15, -0.1) is 0 Å². The van der Waals surface area contributed by atoms with E-state index in [9.17, 15) is 9.59 Å². The van der Waals surface area contributed by atoms with Gasteiger partial charge in [-0.1, -0.05) is 6.07 Å². The number of carbonyl (C=O) groups is 2. The zero-order valence-corrected chi connectivity index (χ0v) is 12.4. The number of aryl methyl sites for hydroxylation is 2. The van der Waals surface area contributed by atoms with Gasteiger partial charge in [-0.05, 0) is 49.4 Å². The van der Waals surface area contributed by atoms with Crippen molar-refractivity contribution in [3.8, 4) is 5.75 Å². The van der Waals surface area contributed by atoms with Crippen molar-refractivity contribution in [2.75, 3.05) is 6.54 Å². The molecule has 1 heterocycles. The molecule has 0 fully saturated rings. The summed E-state index contributed by atoms with van der Waals surface area (Å²) in [5.41, 5.74) is 3.43. The molecule has 5 heteroatoms. The highest BCUT2D eigenvalue weighted by molar-refractivity contribution is 5.82. The minimum Gasteiger partial charge on any atom is -0.481 e. The van der Waals surface area contributed by atoms with E-state index in [0.717, 1.165) is 16.9 Å². The van der Waals surface area contributed by atoms with Crippen LogP contribution >= 0.6 is 0 Å². The number of benzene rings is 1. The van der Waals surface area contributed by atoms with E-state index in [0.29, 0.717) is 25.8 Å². The Labute approximate surface area is 124 Å². The van der Waals surface area contributed by atoms with Crippen molar-refractivity contribution >= 4 is 11.9 Å². The van der Waals surface area contributed by atoms with Crippen LogP contribution in [-0.2, 0) is 16.0 Å². The fourth-order valence-corrected chi connectivity index (χ4v) is 2.39. The molecule has 0 bridgehead atoms. The second-order valence-corrected chi connectivity index (χ2v) is 5.50. The number of unbranched alkanes of at least 4 members (excludes halogenated alkanes) is 1. The van der Waals surface area contributed by atoms with Gasteiger partial charge in [-0.2, -0.15) is 0 Å². The second-order valence-electron chi connectivity index (χ2n) is 5.50. The van der Waals surface area contributed by atoms with Crippen molar-refractivity contribution < 1.29 is 19.4 Å². The standard InChI is InChI=1S/C16H21NO4/c1-10-7-12-9-14(21-13(12)8-11(10)2)16(20)17-6-4-3-5-15(18)19/h7-8,14H,3-6,9H2,1-2H3,(H,17,20)(H,18,19). The Hall–Kier alpha value is -2.04. The molecule has 0 saturated heterocycles. The van der Waals surface area contributed by atoms with Crippen molar-refractivity contribution in [3.05, 3.63) is 28.8 Å². The van der Waals surface area contributed by atoms with Gasteiger partial charge in [0.1, 0.15) is 5.75 Å². The number of ether oxygens (including phenoxy) is 1. The molecule has 1 aromatic carbocycles. The molecule has 114 valence electrons. The number of carboxylic acid groups (broad SMARTS) is 1. The number of fused-ring (bicyclic) bond motifs is 1. The normalized spacial score (nSPS) is 16.2. The fourth-order valence-electron chi connectivity index (χ4n) is 2.39. The summed E-state index contributed by atoms with van der Waals surface area (Å²) in [7, 11) is 0. The maximum Gasteiger partial charge on any atom is 0.303 e. The molecule has 1 aromatic rings. The predicted molar refractivity (Wildman–Crippen MR) is 78.5 cm³/mol. The van der Waals surface area contributed by atoms with E-state index in [1.807, 2.05) is 19.9 Å². The maximum absolute atomic E-state index is 12.0. The number of hydrogen-bond donors (Lipinski definition) is 2. The predicted octanol–water partition coefficient (Wildman–Crippen LogP) is 1.98. The van der Waals surface area contributed by atoms with Crippen molar-refractivity contribution in [1.82, 2.24) is 5.32 Å². The highest BCUT2D eigenvalue weighted by atomic mass is 16.5. The van der Waals surface area contributed by atoms with Crippen molar-refractivity contribution in [3.63, 3.8) is 0 Å². The average molecular weight is 291 g/mol. The van der Waals surface area contributed by atoms with E-state index in [2.05, 4.69) is 11.4 Å². The van der Waals surface area contributed by atoms with E-state index < -0.39 is 12.1 Å². The van der Waals surface area contributed by atoms with Crippen LogP contribution in [0, 0.1) is 13.8 Å². The van der Waals surface area contributed by atoms with Gasteiger partial charge in [0.15, 0.2) is 6.10 Å². The summed E-state index contributed by atoms with van der Waals surface area (Å²) in [5, 5.41) is 11.3. The molecule has 1 unspecified atom stereocenters. The molecular formula is C16H21NO4. The van der Waals surface area contributed by atoms with Gasteiger partial charge in [-0.25, -0.2) is 0 Å². The highest BCUT2D eigenvalue weighted by Gasteiger charge is 2.29. The quantitative estimate of drug-likeness (QED) is 0.786. The third-order valence-electron chi connectivity index (χ3n) is 3.76. The Balaban J connectivity index is 1.79. The van der Waals surface area contributed by atoms with Gasteiger partial charge in [0.25, 0.3) is 5.91 Å². The summed E-state index contributed by atoms with van der Waals surface area (Å²) in [5.74, 6) is -0.136. The lowest BCUT2D eigenvalue weighted by Gasteiger charge is -2.11. The van der Waals surface area contributed by atoms with E-state index in [1.165, 1.54) is 5.56 Å². The highest BCUT2D eigenvalue weighted by Crippen LogP contribution is 2.31. The summed E-state index contributed by atoms with van der Waals surface area (Å²) in [6.45, 7) is 4.56. The van der Waals surface area contributed by atoms with Crippen LogP contribution in [0.1, 0.15) is 36.0 Å². The van der Waals surface area contributed by atoms with E-state index in [-0.39, 0.29) is 12.3 Å². The van der Waals surface area contributed by atoms with Gasteiger partial charge in [0.2, 0.25) is 0 Å². The van der Waals surface area contributed by atoms with E-state index in [1.54, 1.807) is 0 Å². The summed E-state index contributed by atoms with van der Waals surface area (Å²) >= 11 is 0. The van der Waals surface area contributed by atoms with Crippen LogP contribution in [0.2, 0.25) is 0 Å². The zero-order chi connectivity index (χ0) is 15.4. The summed E-state index contributed by atoms with van der Waals surface area (Å²) in [6, 6.07) is 4.05. The van der Waals surface area contributed by atoms with Crippen molar-refractivity contribution in [1.29, 1.82) is 0 Å². The first kappa shape index (κ1) is 15.4. The lowest BCUT2D eigenvalue weighted by molar-refractivity contribution is -0.137. The van der Waals surface area contributed by atoms with E-state index >= 15 is 0 Å². The van der Waals surface area contributed by atoms with Crippen molar-refractivity contribution in [2.45, 2.75) is 45.6 Å². The second kappa shape index (κ2) is 6.61. The van der Waals surface area contributed by atoms with Crippen LogP contribution in [0.3, 0.4) is 0 Å². The first-order valence-corrected chi connectivity index (χ1v) is 7.23. The molecule has 0 spiro atoms. The summed E-state index contributed by atoms with van der Waals surface area (Å²) in [6.07, 6.45) is 1.49. The van der Waals surface area contributed by atoms with Gasteiger partial charge in [-0.3, -0.25) is 9.59 Å². The Morgan fingerprint density at radius 1 is 1.29 bits per heavy atom. The Morgan fingerprint density at radius 2 is 2.00 bits per heavy atom. The molecule has 0 aliphatic carbocycles. The monoisotopic (exact) mass is 291 g/mol. The molecule has 0 saturated carbocycles. The molecule has 1 aliphatic heterocycles. The number of nitrogens with one attached hydrogen (secondary N) is 1. The molecule has 21 heavy (non-hydrogen) atoms. The van der Waals surface area contributed by atoms with Gasteiger partial charge in [0.05, 0.1) is 0 Å². The number of amides is 1. The Bertz CT molecular complexity index is 522. The van der Waals surface area contributed by atoms with E-state index in [4.69, 9.17) is 9.84 Å². The molecular weight excluding hydrogens is 270 g/mol. The molecule has 2 rings (SSSR count). The van der Waals surface area contributed by atoms with Crippen LogP contribution in [0.5, 0.6) is 5.75 Å². The lowest BCUT2D eigenvalue weighted by Crippen LogP contribution is -2.37. The number of rotatable bonds is 6. The van der Waals surface area contributed by atoms with Gasteiger partial charge < -0.3 is 15.2 Å².